The van der Waals surface area contributed by atoms with Crippen LogP contribution in [0.2, 0.25) is 0 Å². The maximum atomic E-state index is 11.9. The molecule has 1 rings (SSSR count). The molecule has 84 valence electrons. The van der Waals surface area contributed by atoms with Gasteiger partial charge in [0.05, 0.1) is 6.42 Å². The van der Waals surface area contributed by atoms with E-state index in [1.54, 1.807) is 0 Å². The fraction of sp³-hybridized carbons (Fsp3) is 0.778. The number of tetrazole rings is 1. The number of aromatic nitrogens is 4. The Hall–Kier alpha value is -1.46. The minimum atomic E-state index is 0.0291. The number of hydrogen-bond donors (Lipinski definition) is 1. The van der Waals surface area contributed by atoms with Crippen molar-refractivity contribution in [2.24, 2.45) is 0 Å². The van der Waals surface area contributed by atoms with Gasteiger partial charge in [-0.3, -0.25) is 4.79 Å². The predicted octanol–water partition coefficient (Wildman–Crippen LogP) is 0.388. The summed E-state index contributed by atoms with van der Waals surface area (Å²) in [6, 6.07) is 0.369. The number of hydrogen-bond acceptors (Lipinski definition) is 4. The molecule has 0 aliphatic rings. The third-order valence-electron chi connectivity index (χ3n) is 2.10. The van der Waals surface area contributed by atoms with Gasteiger partial charge in [0, 0.05) is 12.1 Å². The minimum absolute atomic E-state index is 0.0291. The van der Waals surface area contributed by atoms with Crippen LogP contribution in [0.4, 0.5) is 0 Å². The number of nitrogens with zero attached hydrogens (tertiary/aromatic N) is 4. The van der Waals surface area contributed by atoms with Crippen LogP contribution in [0.3, 0.4) is 0 Å². The highest BCUT2D eigenvalue weighted by Crippen LogP contribution is 2.07. The fourth-order valence-corrected chi connectivity index (χ4v) is 1.66. The first-order valence-corrected chi connectivity index (χ1v) is 5.06. The predicted molar refractivity (Wildman–Crippen MR) is 55.0 cm³/mol. The largest absolute Gasteiger partial charge is 0.337 e. The van der Waals surface area contributed by atoms with Crippen LogP contribution >= 0.6 is 0 Å². The SMILES string of the molecule is CC(C)N(C(=O)Cc1nn[nH]n1)C(C)C. The van der Waals surface area contributed by atoms with Crippen molar-refractivity contribution in [3.8, 4) is 0 Å². The zero-order valence-electron chi connectivity index (χ0n) is 9.56. The van der Waals surface area contributed by atoms with Crippen molar-refractivity contribution >= 4 is 5.91 Å². The Morgan fingerprint density at radius 1 is 1.33 bits per heavy atom. The van der Waals surface area contributed by atoms with E-state index < -0.39 is 0 Å². The van der Waals surface area contributed by atoms with E-state index in [2.05, 4.69) is 20.6 Å². The number of rotatable bonds is 4. The first kappa shape index (κ1) is 11.6. The van der Waals surface area contributed by atoms with Gasteiger partial charge in [-0.05, 0) is 27.7 Å². The number of H-pyrrole nitrogens is 1. The summed E-state index contributed by atoms with van der Waals surface area (Å²) in [6.45, 7) is 7.98. The molecule has 15 heavy (non-hydrogen) atoms. The van der Waals surface area contributed by atoms with E-state index in [1.165, 1.54) is 0 Å². The average Bonchev–Trinajstić information content (AvgIpc) is 2.54. The molecule has 0 saturated heterocycles. The van der Waals surface area contributed by atoms with E-state index in [0.29, 0.717) is 5.82 Å². The first-order valence-electron chi connectivity index (χ1n) is 5.06. The highest BCUT2D eigenvalue weighted by Gasteiger charge is 2.21. The van der Waals surface area contributed by atoms with E-state index in [1.807, 2.05) is 32.6 Å². The standard InChI is InChI=1S/C9H17N5O/c1-6(2)14(7(3)4)9(15)5-8-10-12-13-11-8/h6-7H,5H2,1-4H3,(H,10,11,12,13). The smallest absolute Gasteiger partial charge is 0.230 e. The van der Waals surface area contributed by atoms with Crippen molar-refractivity contribution in [2.75, 3.05) is 0 Å². The van der Waals surface area contributed by atoms with Crippen molar-refractivity contribution in [1.82, 2.24) is 25.5 Å². The molecule has 1 aromatic rings. The van der Waals surface area contributed by atoms with Crippen LogP contribution in [0.5, 0.6) is 0 Å². The maximum absolute atomic E-state index is 11.9. The molecule has 6 heteroatoms. The Morgan fingerprint density at radius 3 is 2.33 bits per heavy atom. The Bertz CT molecular complexity index is 298. The summed E-state index contributed by atoms with van der Waals surface area (Å²) in [4.78, 5) is 13.7. The molecule has 1 heterocycles. The second kappa shape index (κ2) is 4.86. The van der Waals surface area contributed by atoms with Gasteiger partial charge in [0.1, 0.15) is 0 Å². The van der Waals surface area contributed by atoms with E-state index in [9.17, 15) is 4.79 Å². The number of nitrogens with one attached hydrogen (secondary N) is 1. The van der Waals surface area contributed by atoms with Crippen LogP contribution in [0.15, 0.2) is 0 Å². The average molecular weight is 211 g/mol. The number of aromatic amines is 1. The number of carbonyl (C=O) groups is 1. The van der Waals surface area contributed by atoms with Crippen LogP contribution in [0.1, 0.15) is 33.5 Å². The van der Waals surface area contributed by atoms with Crippen molar-refractivity contribution in [2.45, 2.75) is 46.2 Å². The molecular weight excluding hydrogens is 194 g/mol. The Balaban J connectivity index is 2.65. The normalized spacial score (nSPS) is 11.1. The summed E-state index contributed by atoms with van der Waals surface area (Å²) in [6.07, 6.45) is 0.201. The zero-order valence-corrected chi connectivity index (χ0v) is 9.56. The zero-order chi connectivity index (χ0) is 11.4. The van der Waals surface area contributed by atoms with Gasteiger partial charge in [-0.25, -0.2) is 0 Å². The fourth-order valence-electron chi connectivity index (χ4n) is 1.66. The van der Waals surface area contributed by atoms with Crippen LogP contribution in [-0.2, 0) is 11.2 Å². The van der Waals surface area contributed by atoms with Gasteiger partial charge in [0.2, 0.25) is 5.91 Å². The van der Waals surface area contributed by atoms with E-state index in [-0.39, 0.29) is 24.4 Å². The molecule has 0 saturated carbocycles. The van der Waals surface area contributed by atoms with E-state index in [4.69, 9.17) is 0 Å². The molecule has 0 fully saturated rings. The lowest BCUT2D eigenvalue weighted by Crippen LogP contribution is -2.43. The molecule has 0 aromatic carbocycles. The molecule has 0 aliphatic carbocycles. The summed E-state index contributed by atoms with van der Waals surface area (Å²) in [5, 5.41) is 13.3. The van der Waals surface area contributed by atoms with Crippen molar-refractivity contribution < 1.29 is 4.79 Å². The van der Waals surface area contributed by atoms with Gasteiger partial charge in [-0.1, -0.05) is 5.21 Å². The monoisotopic (exact) mass is 211 g/mol. The van der Waals surface area contributed by atoms with Crippen LogP contribution in [-0.4, -0.2) is 43.5 Å². The van der Waals surface area contributed by atoms with Crippen LogP contribution < -0.4 is 0 Å². The van der Waals surface area contributed by atoms with E-state index in [0.717, 1.165) is 0 Å². The lowest BCUT2D eigenvalue weighted by molar-refractivity contribution is -0.134. The number of amides is 1. The van der Waals surface area contributed by atoms with Gasteiger partial charge in [-0.15, -0.1) is 10.2 Å². The molecule has 0 aliphatic heterocycles. The molecule has 1 N–H and O–H groups in total. The third-order valence-corrected chi connectivity index (χ3v) is 2.10. The van der Waals surface area contributed by atoms with Gasteiger partial charge in [0.15, 0.2) is 5.82 Å². The summed E-state index contributed by atoms with van der Waals surface area (Å²) in [5.41, 5.74) is 0. The van der Waals surface area contributed by atoms with E-state index >= 15 is 0 Å². The topological polar surface area (TPSA) is 74.8 Å². The summed E-state index contributed by atoms with van der Waals surface area (Å²) >= 11 is 0. The summed E-state index contributed by atoms with van der Waals surface area (Å²) < 4.78 is 0. The Morgan fingerprint density at radius 2 is 1.93 bits per heavy atom. The molecule has 0 spiro atoms. The molecular formula is C9H17N5O. The highest BCUT2D eigenvalue weighted by molar-refractivity contribution is 5.78. The lowest BCUT2D eigenvalue weighted by Gasteiger charge is -2.30. The Kier molecular flexibility index (Phi) is 3.76. The quantitative estimate of drug-likeness (QED) is 0.781. The molecule has 1 amide bonds. The molecule has 0 atom stereocenters. The second-order valence-electron chi connectivity index (χ2n) is 3.99. The van der Waals surface area contributed by atoms with Gasteiger partial charge in [-0.2, -0.15) is 5.21 Å². The lowest BCUT2D eigenvalue weighted by atomic mass is 10.2. The molecule has 0 bridgehead atoms. The molecule has 0 radical (unpaired) electrons. The third kappa shape index (κ3) is 3.00. The Labute approximate surface area is 89.0 Å². The molecule has 6 nitrogen and oxygen atoms in total. The van der Waals surface area contributed by atoms with Gasteiger partial charge in [0.25, 0.3) is 0 Å². The first-order chi connectivity index (χ1) is 7.02. The van der Waals surface area contributed by atoms with Crippen LogP contribution in [0.25, 0.3) is 0 Å². The summed E-state index contributed by atoms with van der Waals surface area (Å²) in [5.74, 6) is 0.465. The minimum Gasteiger partial charge on any atom is -0.337 e. The molecule has 0 unspecified atom stereocenters. The van der Waals surface area contributed by atoms with Crippen molar-refractivity contribution in [1.29, 1.82) is 0 Å². The van der Waals surface area contributed by atoms with Gasteiger partial charge >= 0.3 is 0 Å². The van der Waals surface area contributed by atoms with Crippen molar-refractivity contribution in [3.63, 3.8) is 0 Å². The maximum Gasteiger partial charge on any atom is 0.230 e. The highest BCUT2D eigenvalue weighted by atomic mass is 16.2. The van der Waals surface area contributed by atoms with Gasteiger partial charge < -0.3 is 4.90 Å². The second-order valence-corrected chi connectivity index (χ2v) is 3.99. The van der Waals surface area contributed by atoms with Crippen LogP contribution in [0, 0.1) is 0 Å². The summed E-state index contributed by atoms with van der Waals surface area (Å²) in [7, 11) is 0. The number of carbonyl (C=O) groups excluding carboxylic acids is 1. The molecule has 1 aromatic heterocycles. The van der Waals surface area contributed by atoms with Crippen molar-refractivity contribution in [3.05, 3.63) is 5.82 Å².